The Balaban J connectivity index is 1.76. The van der Waals surface area contributed by atoms with Crippen LogP contribution in [-0.4, -0.2) is 54.1 Å². The van der Waals surface area contributed by atoms with Gasteiger partial charge in [-0.25, -0.2) is 4.98 Å². The highest BCUT2D eigenvalue weighted by molar-refractivity contribution is 6.63. The number of ether oxygens (including phenoxy) is 3. The first-order valence-corrected chi connectivity index (χ1v) is 10.2. The van der Waals surface area contributed by atoms with Crippen LogP contribution in [0.1, 0.15) is 27.7 Å². The first-order valence-electron chi connectivity index (χ1n) is 10.2. The molecule has 0 radical (unpaired) electrons. The summed E-state index contributed by atoms with van der Waals surface area (Å²) >= 11 is 0. The lowest BCUT2D eigenvalue weighted by Gasteiger charge is -2.32. The van der Waals surface area contributed by atoms with Gasteiger partial charge in [0.15, 0.2) is 12.3 Å². The van der Waals surface area contributed by atoms with Crippen LogP contribution in [0.15, 0.2) is 30.5 Å². The highest BCUT2D eigenvalue weighted by Crippen LogP contribution is 2.38. The first-order chi connectivity index (χ1) is 14.6. The van der Waals surface area contributed by atoms with E-state index in [0.29, 0.717) is 11.6 Å². The minimum atomic E-state index is -0.547. The number of nitrogens with zero attached hydrogens (tertiary/aromatic N) is 3. The van der Waals surface area contributed by atoms with Crippen LogP contribution in [0.5, 0.6) is 11.6 Å². The molecule has 1 aliphatic rings. The highest BCUT2D eigenvalue weighted by atomic mass is 16.7. The second-order valence-corrected chi connectivity index (χ2v) is 8.65. The van der Waals surface area contributed by atoms with Crippen molar-refractivity contribution in [1.82, 2.24) is 14.8 Å². The highest BCUT2D eigenvalue weighted by Gasteiger charge is 2.52. The fourth-order valence-electron chi connectivity index (χ4n) is 3.52. The van der Waals surface area contributed by atoms with E-state index in [0.717, 1.165) is 27.6 Å². The van der Waals surface area contributed by atoms with E-state index in [9.17, 15) is 0 Å². The summed E-state index contributed by atoms with van der Waals surface area (Å²) in [7, 11) is 4.50. The van der Waals surface area contributed by atoms with Crippen molar-refractivity contribution in [3.63, 3.8) is 0 Å². The summed E-state index contributed by atoms with van der Waals surface area (Å²) < 4.78 is 30.7. The largest absolute Gasteiger partial charge is 0.498 e. The van der Waals surface area contributed by atoms with Gasteiger partial charge in [0, 0.05) is 36.8 Å². The van der Waals surface area contributed by atoms with Gasteiger partial charge < -0.3 is 23.5 Å². The molecule has 1 fully saturated rings. The van der Waals surface area contributed by atoms with Crippen molar-refractivity contribution in [3.05, 3.63) is 30.5 Å². The van der Waals surface area contributed by atoms with Crippen molar-refractivity contribution in [1.29, 1.82) is 0 Å². The fraction of sp³-hybridized carbons (Fsp3) is 0.455. The topological polar surface area (TPSA) is 76.9 Å². The molecule has 1 saturated heterocycles. The Morgan fingerprint density at radius 1 is 1.06 bits per heavy atom. The summed E-state index contributed by atoms with van der Waals surface area (Å²) in [5.74, 6) is 1.09. The number of benzene rings is 1. The Morgan fingerprint density at radius 2 is 1.77 bits per heavy atom. The molecule has 0 aliphatic carbocycles. The quantitative estimate of drug-likeness (QED) is 0.444. The third kappa shape index (κ3) is 3.89. The van der Waals surface area contributed by atoms with Gasteiger partial charge in [0.1, 0.15) is 5.75 Å². The number of methoxy groups -OCH3 is 2. The maximum Gasteiger partial charge on any atom is 0.498 e. The van der Waals surface area contributed by atoms with Crippen LogP contribution in [0.4, 0.5) is 0 Å². The van der Waals surface area contributed by atoms with E-state index in [1.807, 2.05) is 65.2 Å². The van der Waals surface area contributed by atoms with Gasteiger partial charge in [0.05, 0.1) is 24.0 Å². The Labute approximate surface area is 182 Å². The lowest BCUT2D eigenvalue weighted by atomic mass is 9.77. The van der Waals surface area contributed by atoms with Gasteiger partial charge in [-0.1, -0.05) is 12.1 Å². The second kappa shape index (κ2) is 7.82. The molecule has 0 spiro atoms. The lowest BCUT2D eigenvalue weighted by molar-refractivity contribution is 0.00578. The molecule has 0 N–H and O–H groups in total. The molecule has 1 aromatic carbocycles. The minimum Gasteiger partial charge on any atom is -0.479 e. The zero-order valence-corrected chi connectivity index (χ0v) is 19.1. The Hall–Kier alpha value is -2.62. The normalized spacial score (nSPS) is 17.3. The third-order valence-corrected chi connectivity index (χ3v) is 5.92. The van der Waals surface area contributed by atoms with Crippen molar-refractivity contribution < 1.29 is 23.5 Å². The van der Waals surface area contributed by atoms with E-state index in [2.05, 4.69) is 10.1 Å². The van der Waals surface area contributed by atoms with E-state index in [1.54, 1.807) is 18.9 Å². The fourth-order valence-corrected chi connectivity index (χ4v) is 3.52. The van der Waals surface area contributed by atoms with E-state index < -0.39 is 18.3 Å². The Bertz CT molecular complexity index is 1100. The van der Waals surface area contributed by atoms with Crippen molar-refractivity contribution in [2.24, 2.45) is 7.05 Å². The predicted octanol–water partition coefficient (Wildman–Crippen LogP) is 2.93. The van der Waals surface area contributed by atoms with Crippen LogP contribution in [0.25, 0.3) is 22.2 Å². The number of hydrogen-bond donors (Lipinski definition) is 0. The summed E-state index contributed by atoms with van der Waals surface area (Å²) in [5.41, 5.74) is 2.24. The van der Waals surface area contributed by atoms with Gasteiger partial charge in [-0.15, -0.1) is 0 Å². The summed E-state index contributed by atoms with van der Waals surface area (Å²) in [5, 5.41) is 5.37. The van der Waals surface area contributed by atoms with Crippen LogP contribution in [0.2, 0.25) is 0 Å². The zero-order chi connectivity index (χ0) is 22.4. The van der Waals surface area contributed by atoms with Gasteiger partial charge in [0.25, 0.3) is 0 Å². The Kier molecular flexibility index (Phi) is 5.45. The molecule has 0 saturated carbocycles. The number of hydrogen-bond acceptors (Lipinski definition) is 7. The van der Waals surface area contributed by atoms with Gasteiger partial charge in [0.2, 0.25) is 5.88 Å². The number of rotatable bonds is 6. The van der Waals surface area contributed by atoms with Gasteiger partial charge >= 0.3 is 7.12 Å². The number of pyridine rings is 1. The summed E-state index contributed by atoms with van der Waals surface area (Å²) in [6.07, 6.45) is 1.93. The third-order valence-electron chi connectivity index (χ3n) is 5.92. The molecule has 3 aromatic rings. The lowest BCUT2D eigenvalue weighted by Crippen LogP contribution is -2.41. The average Bonchev–Trinajstić information content (AvgIpc) is 3.19. The van der Waals surface area contributed by atoms with E-state index in [1.165, 1.54) is 0 Å². The first kappa shape index (κ1) is 21.6. The number of aromatic nitrogens is 3. The van der Waals surface area contributed by atoms with Crippen LogP contribution in [0.3, 0.4) is 0 Å². The molecule has 31 heavy (non-hydrogen) atoms. The molecular weight excluding hydrogens is 397 g/mol. The molecular formula is C22H28BN3O5. The van der Waals surface area contributed by atoms with Crippen LogP contribution >= 0.6 is 0 Å². The van der Waals surface area contributed by atoms with Crippen molar-refractivity contribution in [2.75, 3.05) is 21.0 Å². The number of fused-ring (bicyclic) bond motifs is 1. The van der Waals surface area contributed by atoms with Crippen LogP contribution in [0, 0.1) is 0 Å². The van der Waals surface area contributed by atoms with Gasteiger partial charge in [-0.05, 0) is 39.8 Å². The molecule has 164 valence electrons. The standard InChI is InChI=1S/C22H28BN3O5/c1-21(2)22(3,4)31-23(30-21)16-9-8-14(11-18(16)29-13-27-6)17-10-15-12-26(5)25-19(15)20(24-17)28-7/h8-12H,13H2,1-7H3. The average molecular weight is 425 g/mol. The molecule has 0 bridgehead atoms. The smallest absolute Gasteiger partial charge is 0.479 e. The van der Waals surface area contributed by atoms with Gasteiger partial charge in [-0.3, -0.25) is 4.68 Å². The molecule has 3 heterocycles. The van der Waals surface area contributed by atoms with Crippen molar-refractivity contribution >= 4 is 23.5 Å². The molecule has 9 heteroatoms. The maximum absolute atomic E-state index is 6.22. The maximum atomic E-state index is 6.22. The zero-order valence-electron chi connectivity index (χ0n) is 19.1. The van der Waals surface area contributed by atoms with Crippen molar-refractivity contribution in [2.45, 2.75) is 38.9 Å². The summed E-state index contributed by atoms with van der Waals surface area (Å²) in [6.45, 7) is 8.20. The molecule has 1 aliphatic heterocycles. The molecule has 0 atom stereocenters. The van der Waals surface area contributed by atoms with Crippen molar-refractivity contribution in [3.8, 4) is 22.9 Å². The van der Waals surface area contributed by atoms with Gasteiger partial charge in [-0.2, -0.15) is 5.10 Å². The second-order valence-electron chi connectivity index (χ2n) is 8.65. The minimum absolute atomic E-state index is 0.106. The van der Waals surface area contributed by atoms with Crippen LogP contribution < -0.4 is 14.9 Å². The summed E-state index contributed by atoms with van der Waals surface area (Å²) in [4.78, 5) is 4.65. The van der Waals surface area contributed by atoms with Crippen LogP contribution in [-0.2, 0) is 21.1 Å². The van der Waals surface area contributed by atoms with E-state index >= 15 is 0 Å². The van der Waals surface area contributed by atoms with E-state index in [-0.39, 0.29) is 6.79 Å². The van der Waals surface area contributed by atoms with E-state index in [4.69, 9.17) is 23.5 Å². The monoisotopic (exact) mass is 425 g/mol. The Morgan fingerprint density at radius 3 is 2.42 bits per heavy atom. The predicted molar refractivity (Wildman–Crippen MR) is 119 cm³/mol. The molecule has 8 nitrogen and oxygen atoms in total. The molecule has 0 amide bonds. The summed E-state index contributed by atoms with van der Waals surface area (Å²) in [6, 6.07) is 7.83. The number of aryl methyl sites for hydroxylation is 1. The molecule has 0 unspecified atom stereocenters. The molecule has 4 rings (SSSR count). The SMILES string of the molecule is COCOc1cc(-c2cc3cn(C)nc3c(OC)n2)ccc1B1OC(C)(C)C(C)(C)O1. The molecule has 2 aromatic heterocycles.